The van der Waals surface area contributed by atoms with E-state index in [1.165, 1.54) is 24.7 Å². The quantitative estimate of drug-likeness (QED) is 0.597. The molecule has 0 fully saturated rings. The number of aromatic nitrogens is 1. The molecule has 1 aromatic carbocycles. The Morgan fingerprint density at radius 1 is 1.31 bits per heavy atom. The summed E-state index contributed by atoms with van der Waals surface area (Å²) in [6.45, 7) is 0. The van der Waals surface area contributed by atoms with Crippen LogP contribution in [0.4, 0.5) is 0 Å². The Balaban J connectivity index is 1.70. The van der Waals surface area contributed by atoms with Gasteiger partial charge in [0.05, 0.1) is 24.1 Å². The zero-order valence-electron chi connectivity index (χ0n) is 13.8. The molecule has 3 rings (SSSR count). The number of thiophene rings is 1. The molecule has 0 radical (unpaired) electrons. The van der Waals surface area contributed by atoms with Gasteiger partial charge < -0.3 is 14.5 Å². The number of rotatable bonds is 6. The Morgan fingerprint density at radius 3 is 2.73 bits per heavy atom. The van der Waals surface area contributed by atoms with Crippen LogP contribution >= 0.6 is 27.3 Å². The highest BCUT2D eigenvalue weighted by Crippen LogP contribution is 2.24. The number of esters is 1. The maximum atomic E-state index is 12.4. The molecule has 26 heavy (non-hydrogen) atoms. The third-order valence-electron chi connectivity index (χ3n) is 3.57. The van der Waals surface area contributed by atoms with E-state index in [2.05, 4.69) is 26.2 Å². The summed E-state index contributed by atoms with van der Waals surface area (Å²) in [5, 5.41) is 4.61. The van der Waals surface area contributed by atoms with E-state index in [4.69, 9.17) is 9.15 Å². The highest BCUT2D eigenvalue weighted by Gasteiger charge is 2.24. The first-order chi connectivity index (χ1) is 12.6. The maximum absolute atomic E-state index is 12.4. The summed E-state index contributed by atoms with van der Waals surface area (Å²) in [4.78, 5) is 29.6. The van der Waals surface area contributed by atoms with Crippen LogP contribution in [0, 0.1) is 0 Å². The highest BCUT2D eigenvalue weighted by molar-refractivity contribution is 9.10. The Bertz CT molecular complexity index is 890. The van der Waals surface area contributed by atoms with Crippen molar-refractivity contribution in [2.45, 2.75) is 12.5 Å². The highest BCUT2D eigenvalue weighted by atomic mass is 79.9. The molecule has 0 spiro atoms. The lowest BCUT2D eigenvalue weighted by Crippen LogP contribution is -2.35. The van der Waals surface area contributed by atoms with Crippen LogP contribution in [0.2, 0.25) is 0 Å². The van der Waals surface area contributed by atoms with Crippen LogP contribution in [0.3, 0.4) is 0 Å². The number of oxazole rings is 1. The van der Waals surface area contributed by atoms with Crippen molar-refractivity contribution >= 4 is 39.1 Å². The number of hydrogen-bond acceptors (Lipinski definition) is 6. The van der Waals surface area contributed by atoms with E-state index < -0.39 is 12.0 Å². The number of nitrogens with zero attached hydrogens (tertiary/aromatic N) is 1. The van der Waals surface area contributed by atoms with Gasteiger partial charge in [0.1, 0.15) is 6.26 Å². The standard InChI is InChI=1S/C18H15BrN2O4S/c1-24-18(23)16(11-4-6-12(19)7-5-11)21-15(22)9-13-10-25-17(20-13)14-3-2-8-26-14/h2-8,10,16H,9H2,1H3,(H,21,22). The van der Waals surface area contributed by atoms with Gasteiger partial charge in [0, 0.05) is 4.47 Å². The number of carbonyl (C=O) groups excluding carboxylic acids is 2. The summed E-state index contributed by atoms with van der Waals surface area (Å²) < 4.78 is 11.1. The maximum Gasteiger partial charge on any atom is 0.333 e. The van der Waals surface area contributed by atoms with Gasteiger partial charge in [-0.1, -0.05) is 34.1 Å². The molecule has 8 heteroatoms. The summed E-state index contributed by atoms with van der Waals surface area (Å²) in [6.07, 6.45) is 1.44. The van der Waals surface area contributed by atoms with Crippen molar-refractivity contribution in [2.75, 3.05) is 7.11 Å². The van der Waals surface area contributed by atoms with Gasteiger partial charge in [0.25, 0.3) is 0 Å². The molecule has 6 nitrogen and oxygen atoms in total. The smallest absolute Gasteiger partial charge is 0.333 e. The third kappa shape index (κ3) is 4.39. The van der Waals surface area contributed by atoms with E-state index in [1.54, 1.807) is 24.3 Å². The van der Waals surface area contributed by atoms with Gasteiger partial charge in [-0.25, -0.2) is 9.78 Å². The first-order valence-corrected chi connectivity index (χ1v) is 9.35. The van der Waals surface area contributed by atoms with Crippen LogP contribution in [0.5, 0.6) is 0 Å². The molecule has 0 bridgehead atoms. The minimum absolute atomic E-state index is 0.00109. The summed E-state index contributed by atoms with van der Waals surface area (Å²) in [5.74, 6) is -0.422. The Kier molecular flexibility index (Phi) is 5.85. The van der Waals surface area contributed by atoms with Crippen LogP contribution < -0.4 is 5.32 Å². The molecule has 1 N–H and O–H groups in total. The van der Waals surface area contributed by atoms with Crippen molar-refractivity contribution in [1.29, 1.82) is 0 Å². The van der Waals surface area contributed by atoms with Gasteiger partial charge >= 0.3 is 5.97 Å². The Morgan fingerprint density at radius 2 is 2.08 bits per heavy atom. The van der Waals surface area contributed by atoms with E-state index in [-0.39, 0.29) is 12.3 Å². The summed E-state index contributed by atoms with van der Waals surface area (Å²) in [6, 6.07) is 9.99. The summed E-state index contributed by atoms with van der Waals surface area (Å²) >= 11 is 4.84. The monoisotopic (exact) mass is 434 g/mol. The van der Waals surface area contributed by atoms with Gasteiger partial charge in [-0.05, 0) is 29.1 Å². The van der Waals surface area contributed by atoms with Gasteiger partial charge in [0.15, 0.2) is 6.04 Å². The summed E-state index contributed by atoms with van der Waals surface area (Å²) in [5.41, 5.74) is 1.12. The van der Waals surface area contributed by atoms with E-state index in [1.807, 2.05) is 17.5 Å². The van der Waals surface area contributed by atoms with Crippen molar-refractivity contribution in [3.05, 3.63) is 63.8 Å². The number of amides is 1. The van der Waals surface area contributed by atoms with Crippen LogP contribution in [-0.4, -0.2) is 24.0 Å². The fourth-order valence-corrected chi connectivity index (χ4v) is 3.25. The lowest BCUT2D eigenvalue weighted by Gasteiger charge is -2.16. The first-order valence-electron chi connectivity index (χ1n) is 7.67. The molecule has 0 aliphatic heterocycles. The SMILES string of the molecule is COC(=O)C(NC(=O)Cc1coc(-c2cccs2)n1)c1ccc(Br)cc1. The Hall–Kier alpha value is -2.45. The van der Waals surface area contributed by atoms with Crippen LogP contribution in [0.25, 0.3) is 10.8 Å². The molecule has 2 aromatic heterocycles. The van der Waals surface area contributed by atoms with Crippen molar-refractivity contribution < 1.29 is 18.7 Å². The first kappa shape index (κ1) is 18.3. The molecule has 1 atom stereocenters. The third-order valence-corrected chi connectivity index (χ3v) is 4.96. The predicted octanol–water partition coefficient (Wildman–Crippen LogP) is 3.74. The molecule has 0 aliphatic rings. The minimum Gasteiger partial charge on any atom is -0.467 e. The molecule has 134 valence electrons. The number of nitrogens with one attached hydrogen (secondary N) is 1. The number of halogens is 1. The second-order valence-corrected chi connectivity index (χ2v) is 7.24. The predicted molar refractivity (Wildman–Crippen MR) is 101 cm³/mol. The van der Waals surface area contributed by atoms with Crippen molar-refractivity contribution in [1.82, 2.24) is 10.3 Å². The molecular formula is C18H15BrN2O4S. The second-order valence-electron chi connectivity index (χ2n) is 5.37. The normalized spacial score (nSPS) is 11.8. The molecule has 2 heterocycles. The van der Waals surface area contributed by atoms with E-state index in [9.17, 15) is 9.59 Å². The lowest BCUT2D eigenvalue weighted by molar-refractivity contribution is -0.145. The molecule has 0 saturated heterocycles. The van der Waals surface area contributed by atoms with E-state index in [0.717, 1.165) is 9.35 Å². The average Bonchev–Trinajstić information content (AvgIpc) is 3.31. The van der Waals surface area contributed by atoms with Crippen LogP contribution in [-0.2, 0) is 20.7 Å². The molecular weight excluding hydrogens is 420 g/mol. The van der Waals surface area contributed by atoms with Crippen LogP contribution in [0.15, 0.2) is 56.9 Å². The van der Waals surface area contributed by atoms with Crippen LogP contribution in [0.1, 0.15) is 17.3 Å². The van der Waals surface area contributed by atoms with Gasteiger partial charge in [-0.2, -0.15) is 0 Å². The molecule has 3 aromatic rings. The average molecular weight is 435 g/mol. The van der Waals surface area contributed by atoms with Crippen molar-refractivity contribution in [2.24, 2.45) is 0 Å². The van der Waals surface area contributed by atoms with Gasteiger partial charge in [0.2, 0.25) is 11.8 Å². The largest absolute Gasteiger partial charge is 0.467 e. The molecule has 1 amide bonds. The number of ether oxygens (including phenoxy) is 1. The number of carbonyl (C=O) groups is 2. The van der Waals surface area contributed by atoms with Crippen molar-refractivity contribution in [3.63, 3.8) is 0 Å². The van der Waals surface area contributed by atoms with Gasteiger partial charge in [-0.3, -0.25) is 4.79 Å². The lowest BCUT2D eigenvalue weighted by atomic mass is 10.1. The fourth-order valence-electron chi connectivity index (χ4n) is 2.33. The zero-order valence-corrected chi connectivity index (χ0v) is 16.2. The number of methoxy groups -OCH3 is 1. The Labute approximate surface area is 162 Å². The molecule has 1 unspecified atom stereocenters. The zero-order chi connectivity index (χ0) is 18.5. The number of benzene rings is 1. The molecule has 0 saturated carbocycles. The van der Waals surface area contributed by atoms with Crippen molar-refractivity contribution in [3.8, 4) is 10.8 Å². The second kappa shape index (κ2) is 8.29. The minimum atomic E-state index is -0.885. The van der Waals surface area contributed by atoms with E-state index >= 15 is 0 Å². The topological polar surface area (TPSA) is 81.4 Å². The summed E-state index contributed by atoms with van der Waals surface area (Å²) in [7, 11) is 1.28. The fraction of sp³-hybridized carbons (Fsp3) is 0.167. The van der Waals surface area contributed by atoms with E-state index in [0.29, 0.717) is 17.1 Å². The number of hydrogen-bond donors (Lipinski definition) is 1. The molecule has 0 aliphatic carbocycles. The van der Waals surface area contributed by atoms with Gasteiger partial charge in [-0.15, -0.1) is 11.3 Å².